The first-order valence-electron chi connectivity index (χ1n) is 5.68. The van der Waals surface area contributed by atoms with E-state index in [4.69, 9.17) is 0 Å². The van der Waals surface area contributed by atoms with Crippen LogP contribution in [0.3, 0.4) is 0 Å². The van der Waals surface area contributed by atoms with Crippen molar-refractivity contribution in [2.24, 2.45) is 17.8 Å². The van der Waals surface area contributed by atoms with E-state index < -0.39 is 0 Å². The molecule has 1 saturated heterocycles. The molecule has 4 atom stereocenters. The first-order chi connectivity index (χ1) is 7.36. The van der Waals surface area contributed by atoms with Crippen molar-refractivity contribution in [3.63, 3.8) is 0 Å². The number of nitrogens with one attached hydrogen (secondary N) is 1. The van der Waals surface area contributed by atoms with Crippen molar-refractivity contribution in [2.75, 3.05) is 0 Å². The van der Waals surface area contributed by atoms with Crippen molar-refractivity contribution < 1.29 is 4.79 Å². The maximum absolute atomic E-state index is 11.9. The summed E-state index contributed by atoms with van der Waals surface area (Å²) in [6.45, 7) is 0. The van der Waals surface area contributed by atoms with Crippen LogP contribution in [0.2, 0.25) is 0 Å². The minimum Gasteiger partial charge on any atom is -0.349 e. The van der Waals surface area contributed by atoms with E-state index in [0.29, 0.717) is 11.8 Å². The molecule has 15 heavy (non-hydrogen) atoms. The molecular weight excluding hydrogens is 186 g/mol. The molecule has 0 saturated carbocycles. The van der Waals surface area contributed by atoms with Gasteiger partial charge in [0.1, 0.15) is 0 Å². The van der Waals surface area contributed by atoms with E-state index in [-0.39, 0.29) is 17.9 Å². The Morgan fingerprint density at radius 3 is 3.00 bits per heavy atom. The molecule has 0 aromatic heterocycles. The van der Waals surface area contributed by atoms with Crippen LogP contribution < -0.4 is 5.32 Å². The first kappa shape index (κ1) is 8.96. The third-order valence-electron chi connectivity index (χ3n) is 3.75. The number of hydrogen-bond acceptors (Lipinski definition) is 1. The lowest BCUT2D eigenvalue weighted by atomic mass is 9.69. The topological polar surface area (TPSA) is 29.1 Å². The zero-order valence-electron chi connectivity index (χ0n) is 8.60. The lowest BCUT2D eigenvalue weighted by Gasteiger charge is -2.42. The van der Waals surface area contributed by atoms with Crippen LogP contribution in [0.15, 0.2) is 36.5 Å². The molecule has 3 rings (SSSR count). The van der Waals surface area contributed by atoms with E-state index in [1.54, 1.807) is 0 Å². The summed E-state index contributed by atoms with van der Waals surface area (Å²) in [4.78, 5) is 11.9. The summed E-state index contributed by atoms with van der Waals surface area (Å²) in [7, 11) is 0. The molecule has 3 aliphatic rings. The lowest BCUT2D eigenvalue weighted by molar-refractivity contribution is -0.128. The highest BCUT2D eigenvalue weighted by Gasteiger charge is 2.41. The van der Waals surface area contributed by atoms with Gasteiger partial charge in [-0.1, -0.05) is 36.5 Å². The number of fused-ring (bicyclic) bond motifs is 3. The number of piperidine rings is 1. The summed E-state index contributed by atoms with van der Waals surface area (Å²) < 4.78 is 0. The van der Waals surface area contributed by atoms with Gasteiger partial charge in [0.2, 0.25) is 5.91 Å². The lowest BCUT2D eigenvalue weighted by Crippen LogP contribution is -2.53. The highest BCUT2D eigenvalue weighted by molar-refractivity contribution is 5.83. The van der Waals surface area contributed by atoms with Crippen molar-refractivity contribution in [1.82, 2.24) is 5.32 Å². The molecule has 4 unspecified atom stereocenters. The van der Waals surface area contributed by atoms with Crippen molar-refractivity contribution in [2.45, 2.75) is 18.9 Å². The van der Waals surface area contributed by atoms with E-state index in [0.717, 1.165) is 6.42 Å². The third kappa shape index (κ3) is 1.36. The summed E-state index contributed by atoms with van der Waals surface area (Å²) >= 11 is 0. The smallest absolute Gasteiger partial charge is 0.228 e. The van der Waals surface area contributed by atoms with Crippen LogP contribution in [0.5, 0.6) is 0 Å². The van der Waals surface area contributed by atoms with Gasteiger partial charge in [0.25, 0.3) is 0 Å². The summed E-state index contributed by atoms with van der Waals surface area (Å²) in [6.07, 6.45) is 15.0. The van der Waals surface area contributed by atoms with E-state index >= 15 is 0 Å². The Bertz CT molecular complexity index is 367. The van der Waals surface area contributed by atoms with Gasteiger partial charge in [0.15, 0.2) is 0 Å². The van der Waals surface area contributed by atoms with E-state index in [2.05, 4.69) is 29.6 Å². The van der Waals surface area contributed by atoms with Gasteiger partial charge in [0.05, 0.1) is 12.0 Å². The predicted molar refractivity (Wildman–Crippen MR) is 59.1 cm³/mol. The van der Waals surface area contributed by atoms with Crippen molar-refractivity contribution >= 4 is 5.91 Å². The Kier molecular flexibility index (Phi) is 2.01. The van der Waals surface area contributed by atoms with Gasteiger partial charge < -0.3 is 5.32 Å². The second kappa shape index (κ2) is 3.37. The van der Waals surface area contributed by atoms with E-state index in [1.165, 1.54) is 6.42 Å². The largest absolute Gasteiger partial charge is 0.349 e. The monoisotopic (exact) mass is 201 g/mol. The van der Waals surface area contributed by atoms with Gasteiger partial charge >= 0.3 is 0 Å². The van der Waals surface area contributed by atoms with Crippen LogP contribution in [0, 0.1) is 17.8 Å². The van der Waals surface area contributed by atoms with Crippen LogP contribution >= 0.6 is 0 Å². The van der Waals surface area contributed by atoms with Crippen LogP contribution in [-0.2, 0) is 4.79 Å². The summed E-state index contributed by atoms with van der Waals surface area (Å²) in [5, 5.41) is 3.11. The molecule has 0 spiro atoms. The number of carbonyl (C=O) groups is 1. The minimum atomic E-state index is 0.0720. The molecule has 2 aliphatic carbocycles. The molecular formula is C13H15NO. The summed E-state index contributed by atoms with van der Waals surface area (Å²) in [5.74, 6) is 1.27. The Hall–Kier alpha value is -1.31. The Balaban J connectivity index is 1.94. The van der Waals surface area contributed by atoms with Gasteiger partial charge in [-0.2, -0.15) is 0 Å². The summed E-state index contributed by atoms with van der Waals surface area (Å²) in [5.41, 5.74) is 0. The second-order valence-electron chi connectivity index (χ2n) is 4.58. The van der Waals surface area contributed by atoms with Gasteiger partial charge in [0, 0.05) is 0 Å². The molecule has 2 nitrogen and oxygen atoms in total. The second-order valence-corrected chi connectivity index (χ2v) is 4.58. The standard InChI is InChI=1S/C13H15NO/c15-13-11-7-2-1-5-9(11)10-6-3-4-8-12(10)14-13/h1-2,4-5,7-12H,3,6H2,(H,14,15). The number of amides is 1. The van der Waals surface area contributed by atoms with Crippen molar-refractivity contribution in [1.29, 1.82) is 0 Å². The number of carbonyl (C=O) groups excluding carboxylic acids is 1. The molecule has 1 fully saturated rings. The number of rotatable bonds is 0. The molecule has 78 valence electrons. The molecule has 1 amide bonds. The maximum Gasteiger partial charge on any atom is 0.228 e. The Morgan fingerprint density at radius 1 is 1.20 bits per heavy atom. The molecule has 1 N–H and O–H groups in total. The van der Waals surface area contributed by atoms with E-state index in [9.17, 15) is 4.79 Å². The van der Waals surface area contributed by atoms with Crippen LogP contribution in [0.25, 0.3) is 0 Å². The Morgan fingerprint density at radius 2 is 2.07 bits per heavy atom. The molecule has 1 aliphatic heterocycles. The average molecular weight is 201 g/mol. The van der Waals surface area contributed by atoms with Crippen LogP contribution in [0.4, 0.5) is 0 Å². The van der Waals surface area contributed by atoms with Gasteiger partial charge in [-0.15, -0.1) is 0 Å². The van der Waals surface area contributed by atoms with Crippen LogP contribution in [0.1, 0.15) is 12.8 Å². The molecule has 0 aromatic carbocycles. The SMILES string of the molecule is O=C1NC2C=CCCC2C2C=CC=CC12. The van der Waals surface area contributed by atoms with Crippen LogP contribution in [-0.4, -0.2) is 11.9 Å². The highest BCUT2D eigenvalue weighted by atomic mass is 16.2. The summed E-state index contributed by atoms with van der Waals surface area (Å²) in [6, 6.07) is 0.267. The quantitative estimate of drug-likeness (QED) is 0.595. The number of allylic oxidation sites excluding steroid dienone is 4. The molecule has 2 heteroatoms. The normalized spacial score (nSPS) is 42.0. The van der Waals surface area contributed by atoms with Crippen molar-refractivity contribution in [3.05, 3.63) is 36.5 Å². The molecule has 0 bridgehead atoms. The average Bonchev–Trinajstić information content (AvgIpc) is 2.30. The fraction of sp³-hybridized carbons (Fsp3) is 0.462. The molecule has 0 aromatic rings. The van der Waals surface area contributed by atoms with Gasteiger partial charge in [-0.05, 0) is 24.7 Å². The fourth-order valence-electron chi connectivity index (χ4n) is 3.00. The highest BCUT2D eigenvalue weighted by Crippen LogP contribution is 2.38. The number of hydrogen-bond donors (Lipinski definition) is 1. The molecule has 0 radical (unpaired) electrons. The zero-order valence-corrected chi connectivity index (χ0v) is 8.60. The predicted octanol–water partition coefficient (Wildman–Crippen LogP) is 1.81. The van der Waals surface area contributed by atoms with E-state index in [1.807, 2.05) is 12.2 Å². The minimum absolute atomic E-state index is 0.0720. The molecule has 1 heterocycles. The zero-order chi connectivity index (χ0) is 10.3. The maximum atomic E-state index is 11.9. The fourth-order valence-corrected chi connectivity index (χ4v) is 3.00. The van der Waals surface area contributed by atoms with Crippen molar-refractivity contribution in [3.8, 4) is 0 Å². The Labute approximate surface area is 89.7 Å². The van der Waals surface area contributed by atoms with Gasteiger partial charge in [-0.3, -0.25) is 4.79 Å². The third-order valence-corrected chi connectivity index (χ3v) is 3.75. The van der Waals surface area contributed by atoms with Gasteiger partial charge in [-0.25, -0.2) is 0 Å². The first-order valence-corrected chi connectivity index (χ1v) is 5.68.